The lowest BCUT2D eigenvalue weighted by Gasteiger charge is -2.09. The fraction of sp³-hybridized carbons (Fsp3) is 0.188. The zero-order valence-corrected chi connectivity index (χ0v) is 12.5. The summed E-state index contributed by atoms with van der Waals surface area (Å²) in [7, 11) is 1.44. The van der Waals surface area contributed by atoms with Gasteiger partial charge in [0.25, 0.3) is 0 Å². The number of aryl methyl sites for hydroxylation is 1. The van der Waals surface area contributed by atoms with Gasteiger partial charge in [0, 0.05) is 17.8 Å². The zero-order chi connectivity index (χ0) is 15.0. The second-order valence-corrected chi connectivity index (χ2v) is 5.08. The first kappa shape index (κ1) is 13.9. The van der Waals surface area contributed by atoms with E-state index in [4.69, 9.17) is 16.3 Å². The van der Waals surface area contributed by atoms with E-state index < -0.39 is 5.82 Å². The summed E-state index contributed by atoms with van der Waals surface area (Å²) in [6.45, 7) is 2.02. The zero-order valence-electron chi connectivity index (χ0n) is 11.7. The monoisotopic (exact) mass is 304 g/mol. The van der Waals surface area contributed by atoms with E-state index in [2.05, 4.69) is 4.98 Å². The van der Waals surface area contributed by atoms with Gasteiger partial charge in [-0.05, 0) is 19.1 Å². The third kappa shape index (κ3) is 2.36. The molecule has 0 fully saturated rings. The molecule has 5 heteroatoms. The summed E-state index contributed by atoms with van der Waals surface area (Å²) in [5, 5.41) is 0. The highest BCUT2D eigenvalue weighted by molar-refractivity contribution is 6.17. The van der Waals surface area contributed by atoms with E-state index in [0.29, 0.717) is 11.3 Å². The summed E-state index contributed by atoms with van der Waals surface area (Å²) < 4.78 is 20.8. The van der Waals surface area contributed by atoms with Gasteiger partial charge >= 0.3 is 0 Å². The topological polar surface area (TPSA) is 27.1 Å². The lowest BCUT2D eigenvalue weighted by Crippen LogP contribution is -1.99. The third-order valence-corrected chi connectivity index (χ3v) is 3.65. The molecule has 0 bridgehead atoms. The lowest BCUT2D eigenvalue weighted by atomic mass is 10.2. The lowest BCUT2D eigenvalue weighted by molar-refractivity contribution is 0.387. The smallest absolute Gasteiger partial charge is 0.167 e. The van der Waals surface area contributed by atoms with Gasteiger partial charge in [-0.1, -0.05) is 17.7 Å². The maximum Gasteiger partial charge on any atom is 0.167 e. The molecule has 0 saturated carbocycles. The third-order valence-electron chi connectivity index (χ3n) is 3.41. The van der Waals surface area contributed by atoms with Crippen LogP contribution in [0.2, 0.25) is 0 Å². The number of methoxy groups -OCH3 is 1. The minimum absolute atomic E-state index is 0.192. The van der Waals surface area contributed by atoms with Crippen LogP contribution in [-0.4, -0.2) is 16.7 Å². The molecule has 0 radical (unpaired) electrons. The van der Waals surface area contributed by atoms with Crippen molar-refractivity contribution in [2.75, 3.05) is 7.11 Å². The van der Waals surface area contributed by atoms with Gasteiger partial charge in [-0.2, -0.15) is 0 Å². The number of aromatic nitrogens is 2. The molecular weight excluding hydrogens is 291 g/mol. The number of halogens is 2. The molecule has 3 nitrogen and oxygen atoms in total. The minimum atomic E-state index is -0.431. The quantitative estimate of drug-likeness (QED) is 0.677. The molecule has 0 atom stereocenters. The van der Waals surface area contributed by atoms with Crippen LogP contribution in [0.15, 0.2) is 36.4 Å². The summed E-state index contributed by atoms with van der Waals surface area (Å²) in [5.41, 5.74) is 3.43. The van der Waals surface area contributed by atoms with Gasteiger partial charge in [-0.25, -0.2) is 9.37 Å². The summed E-state index contributed by atoms with van der Waals surface area (Å²) in [5.74, 6) is 0.673. The van der Waals surface area contributed by atoms with Crippen LogP contribution in [0.4, 0.5) is 4.39 Å². The fourth-order valence-electron chi connectivity index (χ4n) is 2.36. The maximum atomic E-state index is 13.8. The maximum absolute atomic E-state index is 13.8. The minimum Gasteiger partial charge on any atom is -0.494 e. The molecule has 0 N–H and O–H groups in total. The Morgan fingerprint density at radius 2 is 1.95 bits per heavy atom. The number of hydrogen-bond donors (Lipinski definition) is 0. The molecule has 2 aromatic carbocycles. The molecule has 0 amide bonds. The molecule has 0 aliphatic rings. The Morgan fingerprint density at radius 1 is 1.24 bits per heavy atom. The number of fused-ring (bicyclic) bond motifs is 1. The van der Waals surface area contributed by atoms with E-state index in [1.807, 2.05) is 35.8 Å². The van der Waals surface area contributed by atoms with Crippen LogP contribution in [0.5, 0.6) is 5.75 Å². The molecule has 21 heavy (non-hydrogen) atoms. The number of rotatable bonds is 3. The highest BCUT2D eigenvalue weighted by Crippen LogP contribution is 2.28. The SMILES string of the molecule is COc1cc2c(cc1F)nc(CCl)n2-c1ccc(C)cc1. The van der Waals surface area contributed by atoms with Crippen molar-refractivity contribution in [3.8, 4) is 11.4 Å². The molecule has 108 valence electrons. The molecule has 3 aromatic rings. The van der Waals surface area contributed by atoms with Crippen LogP contribution in [0.25, 0.3) is 16.7 Å². The first-order valence-corrected chi connectivity index (χ1v) is 7.05. The average molecular weight is 305 g/mol. The van der Waals surface area contributed by atoms with Crippen molar-refractivity contribution in [1.29, 1.82) is 0 Å². The highest BCUT2D eigenvalue weighted by Gasteiger charge is 2.15. The van der Waals surface area contributed by atoms with E-state index in [1.54, 1.807) is 6.07 Å². The molecule has 1 heterocycles. The van der Waals surface area contributed by atoms with Crippen molar-refractivity contribution in [2.24, 2.45) is 0 Å². The number of nitrogens with zero attached hydrogens (tertiary/aromatic N) is 2. The van der Waals surface area contributed by atoms with Crippen LogP contribution in [-0.2, 0) is 5.88 Å². The highest BCUT2D eigenvalue weighted by atomic mass is 35.5. The van der Waals surface area contributed by atoms with Crippen molar-refractivity contribution < 1.29 is 9.13 Å². The van der Waals surface area contributed by atoms with Gasteiger partial charge in [-0.15, -0.1) is 11.6 Å². The standard InChI is InChI=1S/C16H14ClFN2O/c1-10-3-5-11(6-4-10)20-14-8-15(21-2)12(18)7-13(14)19-16(20)9-17/h3-8H,9H2,1-2H3. The second-order valence-electron chi connectivity index (χ2n) is 4.81. The van der Waals surface area contributed by atoms with E-state index in [-0.39, 0.29) is 11.6 Å². The predicted molar refractivity (Wildman–Crippen MR) is 81.9 cm³/mol. The van der Waals surface area contributed by atoms with Crippen LogP contribution in [0.3, 0.4) is 0 Å². The van der Waals surface area contributed by atoms with Crippen molar-refractivity contribution in [3.05, 3.63) is 53.6 Å². The second kappa shape index (κ2) is 5.37. The number of hydrogen-bond acceptors (Lipinski definition) is 2. The first-order chi connectivity index (χ1) is 10.1. The predicted octanol–water partition coefficient (Wildman–Crippen LogP) is 4.22. The summed E-state index contributed by atoms with van der Waals surface area (Å²) >= 11 is 5.99. The first-order valence-electron chi connectivity index (χ1n) is 6.52. The summed E-state index contributed by atoms with van der Waals surface area (Å²) in [6, 6.07) is 11.0. The molecule has 0 spiro atoms. The van der Waals surface area contributed by atoms with E-state index in [9.17, 15) is 4.39 Å². The van der Waals surface area contributed by atoms with E-state index in [0.717, 1.165) is 11.2 Å². The Hall–Kier alpha value is -2.07. The largest absolute Gasteiger partial charge is 0.494 e. The Labute approximate surface area is 126 Å². The van der Waals surface area contributed by atoms with Crippen molar-refractivity contribution in [2.45, 2.75) is 12.8 Å². The number of alkyl halides is 1. The molecule has 0 aliphatic heterocycles. The van der Waals surface area contributed by atoms with Crippen molar-refractivity contribution in [3.63, 3.8) is 0 Å². The average Bonchev–Trinajstić information content (AvgIpc) is 2.84. The van der Waals surface area contributed by atoms with Crippen LogP contribution in [0, 0.1) is 12.7 Å². The van der Waals surface area contributed by atoms with Gasteiger partial charge in [0.1, 0.15) is 5.82 Å². The Bertz CT molecular complexity index is 796. The van der Waals surface area contributed by atoms with Gasteiger partial charge in [0.2, 0.25) is 0 Å². The molecule has 1 aromatic heterocycles. The molecule has 0 aliphatic carbocycles. The van der Waals surface area contributed by atoms with Crippen LogP contribution in [0.1, 0.15) is 11.4 Å². The van der Waals surface area contributed by atoms with Gasteiger partial charge in [-0.3, -0.25) is 4.57 Å². The Kier molecular flexibility index (Phi) is 3.55. The Morgan fingerprint density at radius 3 is 2.57 bits per heavy atom. The van der Waals surface area contributed by atoms with Crippen LogP contribution >= 0.6 is 11.6 Å². The fourth-order valence-corrected chi connectivity index (χ4v) is 2.54. The van der Waals surface area contributed by atoms with Crippen molar-refractivity contribution in [1.82, 2.24) is 9.55 Å². The normalized spacial score (nSPS) is 11.0. The van der Waals surface area contributed by atoms with Crippen molar-refractivity contribution >= 4 is 22.6 Å². The van der Waals surface area contributed by atoms with Gasteiger partial charge in [0.15, 0.2) is 11.6 Å². The molecule has 0 saturated heterocycles. The molecule has 3 rings (SSSR count). The Balaban J connectivity index is 2.31. The molecule has 0 unspecified atom stereocenters. The summed E-state index contributed by atoms with van der Waals surface area (Å²) in [6.07, 6.45) is 0. The van der Waals surface area contributed by atoms with Crippen LogP contribution < -0.4 is 4.74 Å². The van der Waals surface area contributed by atoms with Gasteiger partial charge < -0.3 is 4.74 Å². The summed E-state index contributed by atoms with van der Waals surface area (Å²) in [4.78, 5) is 4.40. The van der Waals surface area contributed by atoms with Gasteiger partial charge in [0.05, 0.1) is 24.0 Å². The molecular formula is C16H14ClFN2O. The number of imidazole rings is 1. The van der Waals surface area contributed by atoms with E-state index >= 15 is 0 Å². The van der Waals surface area contributed by atoms with E-state index in [1.165, 1.54) is 18.7 Å². The number of benzene rings is 2. The number of ether oxygens (including phenoxy) is 1.